The van der Waals surface area contributed by atoms with Gasteiger partial charge >= 0.3 is 0 Å². The lowest BCUT2D eigenvalue weighted by molar-refractivity contribution is 0.669. The first kappa shape index (κ1) is 20.2. The molecule has 172 valence electrons. The van der Waals surface area contributed by atoms with E-state index in [0.717, 1.165) is 49.3 Å². The third kappa shape index (κ3) is 3.08. The summed E-state index contributed by atoms with van der Waals surface area (Å²) in [5, 5.41) is 6.96. The normalized spacial score (nSPS) is 11.8. The standard InChI is InChI=1S/C34H20N2O/c1-2-7-28-25(5-1)26-15-13-23(20-30(26)34-33(28)35-17-18-36-34)21-9-11-22(12-10-21)24-14-16-32-29(19-24)27-6-3-4-8-31(27)37-32/h1-20H. The summed E-state index contributed by atoms with van der Waals surface area (Å²) in [6.07, 6.45) is 3.55. The Morgan fingerprint density at radius 2 is 0.892 bits per heavy atom. The monoisotopic (exact) mass is 472 g/mol. The lowest BCUT2D eigenvalue weighted by atomic mass is 9.94. The summed E-state index contributed by atoms with van der Waals surface area (Å²) in [6.45, 7) is 0. The average molecular weight is 473 g/mol. The van der Waals surface area contributed by atoms with E-state index in [1.807, 2.05) is 12.1 Å². The van der Waals surface area contributed by atoms with Gasteiger partial charge in [-0.3, -0.25) is 9.97 Å². The van der Waals surface area contributed by atoms with E-state index in [0.29, 0.717) is 0 Å². The van der Waals surface area contributed by atoms with Crippen LogP contribution in [0.4, 0.5) is 0 Å². The van der Waals surface area contributed by atoms with Crippen LogP contribution in [0.2, 0.25) is 0 Å². The molecule has 0 bridgehead atoms. The van der Waals surface area contributed by atoms with Gasteiger partial charge in [-0.05, 0) is 57.3 Å². The minimum absolute atomic E-state index is 0.917. The second-order valence-electron chi connectivity index (χ2n) is 9.45. The van der Waals surface area contributed by atoms with Crippen molar-refractivity contribution in [3.8, 4) is 22.3 Å². The summed E-state index contributed by atoms with van der Waals surface area (Å²) in [7, 11) is 0. The zero-order valence-electron chi connectivity index (χ0n) is 19.8. The highest BCUT2D eigenvalue weighted by Gasteiger charge is 2.12. The second kappa shape index (κ2) is 7.74. The molecule has 37 heavy (non-hydrogen) atoms. The van der Waals surface area contributed by atoms with Crippen molar-refractivity contribution < 1.29 is 4.42 Å². The van der Waals surface area contributed by atoms with Crippen LogP contribution in [0.5, 0.6) is 0 Å². The third-order valence-electron chi connectivity index (χ3n) is 7.37. The van der Waals surface area contributed by atoms with Gasteiger partial charge in [0.1, 0.15) is 11.2 Å². The summed E-state index contributed by atoms with van der Waals surface area (Å²) in [4.78, 5) is 9.39. The van der Waals surface area contributed by atoms with Crippen molar-refractivity contribution in [2.45, 2.75) is 0 Å². The van der Waals surface area contributed by atoms with Gasteiger partial charge in [0.2, 0.25) is 0 Å². The van der Waals surface area contributed by atoms with Gasteiger partial charge in [0, 0.05) is 33.9 Å². The highest BCUT2D eigenvalue weighted by molar-refractivity contribution is 6.23. The van der Waals surface area contributed by atoms with E-state index in [-0.39, 0.29) is 0 Å². The molecule has 0 unspecified atom stereocenters. The van der Waals surface area contributed by atoms with Gasteiger partial charge in [-0.2, -0.15) is 0 Å². The highest BCUT2D eigenvalue weighted by Crippen LogP contribution is 2.36. The van der Waals surface area contributed by atoms with Crippen LogP contribution in [-0.4, -0.2) is 9.97 Å². The summed E-state index contributed by atoms with van der Waals surface area (Å²) in [5.74, 6) is 0. The molecule has 0 aliphatic heterocycles. The first-order chi connectivity index (χ1) is 18.3. The molecule has 3 heteroatoms. The molecular weight excluding hydrogens is 452 g/mol. The van der Waals surface area contributed by atoms with Gasteiger partial charge in [0.25, 0.3) is 0 Å². The lowest BCUT2D eigenvalue weighted by Crippen LogP contribution is -1.89. The lowest BCUT2D eigenvalue weighted by Gasteiger charge is -2.11. The van der Waals surface area contributed by atoms with E-state index in [2.05, 4.69) is 102 Å². The molecule has 2 heterocycles. The molecule has 0 saturated carbocycles. The first-order valence-electron chi connectivity index (χ1n) is 12.4. The SMILES string of the molecule is c1ccc2c(c1)oc1ccc(-c3ccc(-c4ccc5c6ccccc6c6nccnc6c5c4)cc3)cc12. The van der Waals surface area contributed by atoms with Crippen molar-refractivity contribution in [2.75, 3.05) is 0 Å². The van der Waals surface area contributed by atoms with Crippen LogP contribution in [0.3, 0.4) is 0 Å². The Kier molecular flexibility index (Phi) is 4.23. The molecule has 0 saturated heterocycles. The van der Waals surface area contributed by atoms with E-state index in [1.165, 1.54) is 27.5 Å². The summed E-state index contributed by atoms with van der Waals surface area (Å²) in [5.41, 5.74) is 8.42. The Morgan fingerprint density at radius 1 is 0.378 bits per heavy atom. The van der Waals surface area contributed by atoms with E-state index < -0.39 is 0 Å². The van der Waals surface area contributed by atoms with E-state index in [9.17, 15) is 0 Å². The molecule has 8 rings (SSSR count). The van der Waals surface area contributed by atoms with E-state index >= 15 is 0 Å². The smallest absolute Gasteiger partial charge is 0.135 e. The Morgan fingerprint density at radius 3 is 1.65 bits per heavy atom. The molecule has 2 aromatic heterocycles. The van der Waals surface area contributed by atoms with Gasteiger partial charge < -0.3 is 4.42 Å². The van der Waals surface area contributed by atoms with Gasteiger partial charge in [-0.1, -0.05) is 84.9 Å². The predicted molar refractivity (Wildman–Crippen MR) is 153 cm³/mol. The van der Waals surface area contributed by atoms with Crippen molar-refractivity contribution in [2.24, 2.45) is 0 Å². The first-order valence-corrected chi connectivity index (χ1v) is 12.4. The fraction of sp³-hybridized carbons (Fsp3) is 0. The maximum Gasteiger partial charge on any atom is 0.135 e. The van der Waals surface area contributed by atoms with Crippen molar-refractivity contribution in [1.82, 2.24) is 9.97 Å². The molecule has 0 aliphatic rings. The third-order valence-corrected chi connectivity index (χ3v) is 7.37. The Bertz CT molecular complexity index is 2100. The number of rotatable bonds is 2. The Hall–Kier alpha value is -5.02. The second-order valence-corrected chi connectivity index (χ2v) is 9.45. The maximum absolute atomic E-state index is 6.00. The van der Waals surface area contributed by atoms with Crippen LogP contribution in [0.25, 0.3) is 76.8 Å². The minimum Gasteiger partial charge on any atom is -0.456 e. The van der Waals surface area contributed by atoms with Gasteiger partial charge in [0.05, 0.1) is 11.0 Å². The number of hydrogen-bond donors (Lipinski definition) is 0. The quantitative estimate of drug-likeness (QED) is 0.235. The van der Waals surface area contributed by atoms with Gasteiger partial charge in [0.15, 0.2) is 0 Å². The average Bonchev–Trinajstić information content (AvgIpc) is 3.35. The van der Waals surface area contributed by atoms with E-state index in [4.69, 9.17) is 9.40 Å². The number of furan rings is 1. The molecule has 6 aromatic carbocycles. The summed E-state index contributed by atoms with van der Waals surface area (Å²) in [6, 6.07) is 38.5. The molecule has 3 nitrogen and oxygen atoms in total. The van der Waals surface area contributed by atoms with Crippen molar-refractivity contribution in [1.29, 1.82) is 0 Å². The molecule has 0 atom stereocenters. The fourth-order valence-corrected chi connectivity index (χ4v) is 5.57. The molecule has 0 radical (unpaired) electrons. The maximum atomic E-state index is 6.00. The molecular formula is C34H20N2O. The molecule has 0 amide bonds. The zero-order chi connectivity index (χ0) is 24.3. The molecule has 0 aliphatic carbocycles. The van der Waals surface area contributed by atoms with Crippen LogP contribution < -0.4 is 0 Å². The van der Waals surface area contributed by atoms with Crippen LogP contribution in [0.15, 0.2) is 126 Å². The topological polar surface area (TPSA) is 38.9 Å². The van der Waals surface area contributed by atoms with Crippen molar-refractivity contribution in [3.05, 3.63) is 122 Å². The van der Waals surface area contributed by atoms with Crippen LogP contribution in [-0.2, 0) is 0 Å². The largest absolute Gasteiger partial charge is 0.456 e. The van der Waals surface area contributed by atoms with Crippen molar-refractivity contribution in [3.63, 3.8) is 0 Å². The van der Waals surface area contributed by atoms with Crippen LogP contribution in [0.1, 0.15) is 0 Å². The molecule has 0 spiro atoms. The molecule has 0 N–H and O–H groups in total. The fourth-order valence-electron chi connectivity index (χ4n) is 5.57. The molecule has 8 aromatic rings. The number of nitrogens with zero attached hydrogens (tertiary/aromatic N) is 2. The number of hydrogen-bond acceptors (Lipinski definition) is 3. The van der Waals surface area contributed by atoms with Gasteiger partial charge in [-0.15, -0.1) is 0 Å². The van der Waals surface area contributed by atoms with Crippen LogP contribution in [0, 0.1) is 0 Å². The minimum atomic E-state index is 0.917. The van der Waals surface area contributed by atoms with Crippen LogP contribution >= 0.6 is 0 Å². The Labute approximate surface area is 212 Å². The Balaban J connectivity index is 1.24. The summed E-state index contributed by atoms with van der Waals surface area (Å²) >= 11 is 0. The number of fused-ring (bicyclic) bond motifs is 9. The number of para-hydroxylation sites is 1. The molecule has 0 fully saturated rings. The van der Waals surface area contributed by atoms with Gasteiger partial charge in [-0.25, -0.2) is 0 Å². The van der Waals surface area contributed by atoms with Crippen molar-refractivity contribution >= 4 is 54.5 Å². The zero-order valence-corrected chi connectivity index (χ0v) is 19.8. The number of aromatic nitrogens is 2. The predicted octanol–water partition coefficient (Wildman–Crippen LogP) is 9.17. The highest BCUT2D eigenvalue weighted by atomic mass is 16.3. The van der Waals surface area contributed by atoms with E-state index in [1.54, 1.807) is 12.4 Å². The summed E-state index contributed by atoms with van der Waals surface area (Å²) < 4.78 is 6.00. The number of benzene rings is 6.